The third-order valence-corrected chi connectivity index (χ3v) is 3.47. The van der Waals surface area contributed by atoms with E-state index in [2.05, 4.69) is 29.5 Å². The van der Waals surface area contributed by atoms with Crippen molar-refractivity contribution in [1.29, 1.82) is 0 Å². The van der Waals surface area contributed by atoms with Crippen LogP contribution in [0.25, 0.3) is 0 Å². The molecule has 0 saturated carbocycles. The van der Waals surface area contributed by atoms with Crippen LogP contribution in [0.3, 0.4) is 0 Å². The lowest BCUT2D eigenvalue weighted by Crippen LogP contribution is -2.18. The molecule has 2 N–H and O–H groups in total. The smallest absolute Gasteiger partial charge is 0.226 e. The van der Waals surface area contributed by atoms with Crippen molar-refractivity contribution in [1.82, 2.24) is 14.9 Å². The molecule has 0 spiro atoms. The molecule has 1 aromatic rings. The highest BCUT2D eigenvalue weighted by atomic mass is 16.1. The number of anilines is 1. The van der Waals surface area contributed by atoms with Gasteiger partial charge < -0.3 is 9.88 Å². The molecule has 19 heavy (non-hydrogen) atoms. The Morgan fingerprint density at radius 3 is 3.16 bits per heavy atom. The summed E-state index contributed by atoms with van der Waals surface area (Å²) in [6.45, 7) is 7.32. The van der Waals surface area contributed by atoms with Gasteiger partial charge in [0.25, 0.3) is 0 Å². The first kappa shape index (κ1) is 14.1. The Bertz CT molecular complexity index is 407. The molecule has 1 unspecified atom stereocenters. The van der Waals surface area contributed by atoms with E-state index in [1.54, 1.807) is 6.20 Å². The summed E-state index contributed by atoms with van der Waals surface area (Å²) in [5.74, 6) is 1.93. The quantitative estimate of drug-likeness (QED) is 0.824. The number of nitrogens with one attached hydrogen (secondary N) is 2. The van der Waals surface area contributed by atoms with Crippen molar-refractivity contribution in [3.8, 4) is 0 Å². The Hall–Kier alpha value is -1.36. The number of rotatable bonds is 6. The Morgan fingerprint density at radius 2 is 2.47 bits per heavy atom. The number of carbonyl (C=O) groups excluding carboxylic acids is 1. The van der Waals surface area contributed by atoms with Gasteiger partial charge in [-0.05, 0) is 37.8 Å². The van der Waals surface area contributed by atoms with Crippen LogP contribution in [0.1, 0.15) is 33.1 Å². The van der Waals surface area contributed by atoms with Gasteiger partial charge in [0.1, 0.15) is 0 Å². The number of aromatic nitrogens is 2. The van der Waals surface area contributed by atoms with Gasteiger partial charge in [0.2, 0.25) is 11.9 Å². The van der Waals surface area contributed by atoms with E-state index < -0.39 is 0 Å². The van der Waals surface area contributed by atoms with E-state index in [0.29, 0.717) is 24.2 Å². The molecule has 1 aromatic heterocycles. The molecule has 1 aliphatic rings. The van der Waals surface area contributed by atoms with Crippen molar-refractivity contribution in [2.75, 3.05) is 18.4 Å². The van der Waals surface area contributed by atoms with Gasteiger partial charge in [0, 0.05) is 25.4 Å². The summed E-state index contributed by atoms with van der Waals surface area (Å²) in [7, 11) is 0. The number of carbonyl (C=O) groups is 1. The summed E-state index contributed by atoms with van der Waals surface area (Å²) in [4.78, 5) is 16.1. The maximum atomic E-state index is 11.9. The minimum atomic E-state index is 0.0723. The highest BCUT2D eigenvalue weighted by Gasteiger charge is 2.16. The van der Waals surface area contributed by atoms with Gasteiger partial charge in [0.05, 0.1) is 0 Å². The van der Waals surface area contributed by atoms with Crippen molar-refractivity contribution < 1.29 is 4.79 Å². The van der Waals surface area contributed by atoms with Crippen molar-refractivity contribution in [2.24, 2.45) is 11.8 Å². The molecule has 106 valence electrons. The molecule has 2 rings (SSSR count). The largest absolute Gasteiger partial charge is 0.317 e. The predicted molar refractivity (Wildman–Crippen MR) is 75.9 cm³/mol. The molecule has 0 bridgehead atoms. The highest BCUT2D eigenvalue weighted by Crippen LogP contribution is 2.15. The lowest BCUT2D eigenvalue weighted by molar-refractivity contribution is -0.116. The van der Waals surface area contributed by atoms with E-state index in [0.717, 1.165) is 26.1 Å². The Balaban J connectivity index is 1.79. The van der Waals surface area contributed by atoms with Crippen LogP contribution in [0.2, 0.25) is 0 Å². The molecule has 2 heterocycles. The van der Waals surface area contributed by atoms with Gasteiger partial charge in [-0.15, -0.1) is 0 Å². The lowest BCUT2D eigenvalue weighted by atomic mass is 10.0. The van der Waals surface area contributed by atoms with Crippen LogP contribution >= 0.6 is 0 Å². The van der Waals surface area contributed by atoms with Gasteiger partial charge >= 0.3 is 0 Å². The summed E-state index contributed by atoms with van der Waals surface area (Å²) in [6.07, 6.45) is 6.38. The SMILES string of the molecule is CC(C)Cn1ccnc1NC(=O)CCC1CCNC1. The first-order valence-electron chi connectivity index (χ1n) is 7.17. The van der Waals surface area contributed by atoms with Crippen LogP contribution in [0.15, 0.2) is 12.4 Å². The van der Waals surface area contributed by atoms with Crippen molar-refractivity contribution >= 4 is 11.9 Å². The first-order chi connectivity index (χ1) is 9.15. The monoisotopic (exact) mass is 264 g/mol. The Morgan fingerprint density at radius 1 is 1.63 bits per heavy atom. The fourth-order valence-electron chi connectivity index (χ4n) is 2.46. The second-order valence-corrected chi connectivity index (χ2v) is 5.74. The number of amides is 1. The topological polar surface area (TPSA) is 59.0 Å². The third-order valence-electron chi connectivity index (χ3n) is 3.47. The average molecular weight is 264 g/mol. The van der Waals surface area contributed by atoms with Gasteiger partial charge in [-0.3, -0.25) is 10.1 Å². The Kier molecular flexibility index (Phi) is 4.96. The van der Waals surface area contributed by atoms with Crippen LogP contribution in [0.5, 0.6) is 0 Å². The second kappa shape index (κ2) is 6.70. The average Bonchev–Trinajstić information content (AvgIpc) is 2.98. The van der Waals surface area contributed by atoms with Gasteiger partial charge in [-0.25, -0.2) is 4.98 Å². The van der Waals surface area contributed by atoms with E-state index in [1.165, 1.54) is 6.42 Å². The van der Waals surface area contributed by atoms with Gasteiger partial charge in [-0.1, -0.05) is 13.8 Å². The fourth-order valence-corrected chi connectivity index (χ4v) is 2.46. The molecular formula is C14H24N4O. The van der Waals surface area contributed by atoms with Gasteiger partial charge in [0.15, 0.2) is 0 Å². The summed E-state index contributed by atoms with van der Waals surface area (Å²) < 4.78 is 2.00. The van der Waals surface area contributed by atoms with Crippen LogP contribution < -0.4 is 10.6 Å². The third kappa shape index (κ3) is 4.35. The second-order valence-electron chi connectivity index (χ2n) is 5.74. The standard InChI is InChI=1S/C14H24N4O/c1-11(2)10-18-8-7-16-14(18)17-13(19)4-3-12-5-6-15-9-12/h7-8,11-12,15H,3-6,9-10H2,1-2H3,(H,16,17,19). The van der Waals surface area contributed by atoms with Crippen molar-refractivity contribution in [3.63, 3.8) is 0 Å². The summed E-state index contributed by atoms with van der Waals surface area (Å²) >= 11 is 0. The minimum Gasteiger partial charge on any atom is -0.317 e. The van der Waals surface area contributed by atoms with Crippen LogP contribution in [-0.4, -0.2) is 28.5 Å². The van der Waals surface area contributed by atoms with Gasteiger partial charge in [-0.2, -0.15) is 0 Å². The number of hydrogen-bond acceptors (Lipinski definition) is 3. The molecule has 1 saturated heterocycles. The lowest BCUT2D eigenvalue weighted by Gasteiger charge is -2.12. The van der Waals surface area contributed by atoms with E-state index in [9.17, 15) is 4.79 Å². The summed E-state index contributed by atoms with van der Waals surface area (Å²) in [5.41, 5.74) is 0. The zero-order valence-electron chi connectivity index (χ0n) is 11.9. The molecule has 5 heteroatoms. The summed E-state index contributed by atoms with van der Waals surface area (Å²) in [5, 5.41) is 6.24. The molecule has 1 amide bonds. The van der Waals surface area contributed by atoms with E-state index in [1.807, 2.05) is 10.8 Å². The highest BCUT2D eigenvalue weighted by molar-refractivity contribution is 5.89. The Labute approximate surface area is 114 Å². The molecule has 1 aliphatic heterocycles. The van der Waals surface area contributed by atoms with E-state index >= 15 is 0 Å². The summed E-state index contributed by atoms with van der Waals surface area (Å²) in [6, 6.07) is 0. The zero-order chi connectivity index (χ0) is 13.7. The van der Waals surface area contributed by atoms with Crippen LogP contribution in [0.4, 0.5) is 5.95 Å². The van der Waals surface area contributed by atoms with Crippen molar-refractivity contribution in [2.45, 2.75) is 39.7 Å². The van der Waals surface area contributed by atoms with E-state index in [4.69, 9.17) is 0 Å². The number of hydrogen-bond donors (Lipinski definition) is 2. The predicted octanol–water partition coefficient (Wildman–Crippen LogP) is 1.87. The fraction of sp³-hybridized carbons (Fsp3) is 0.714. The van der Waals surface area contributed by atoms with Crippen LogP contribution in [0, 0.1) is 11.8 Å². The molecular weight excluding hydrogens is 240 g/mol. The maximum Gasteiger partial charge on any atom is 0.226 e. The minimum absolute atomic E-state index is 0.0723. The normalized spacial score (nSPS) is 19.0. The first-order valence-corrected chi connectivity index (χ1v) is 7.17. The molecule has 5 nitrogen and oxygen atoms in total. The number of imidazole rings is 1. The van der Waals surface area contributed by atoms with E-state index in [-0.39, 0.29) is 5.91 Å². The molecule has 0 aliphatic carbocycles. The zero-order valence-corrected chi connectivity index (χ0v) is 11.9. The molecule has 1 atom stereocenters. The molecule has 0 aromatic carbocycles. The maximum absolute atomic E-state index is 11.9. The molecule has 0 radical (unpaired) electrons. The van der Waals surface area contributed by atoms with Crippen LogP contribution in [-0.2, 0) is 11.3 Å². The molecule has 1 fully saturated rings. The van der Waals surface area contributed by atoms with Crippen molar-refractivity contribution in [3.05, 3.63) is 12.4 Å². The number of nitrogens with zero attached hydrogens (tertiary/aromatic N) is 2.